The van der Waals surface area contributed by atoms with Crippen molar-refractivity contribution < 1.29 is 4.74 Å². The van der Waals surface area contributed by atoms with Gasteiger partial charge in [0.25, 0.3) is 0 Å². The maximum atomic E-state index is 5.19. The Morgan fingerprint density at radius 3 is 2.44 bits per heavy atom. The molecule has 1 unspecified atom stereocenters. The van der Waals surface area contributed by atoms with Gasteiger partial charge in [-0.05, 0) is 35.4 Å². The fourth-order valence-corrected chi connectivity index (χ4v) is 2.75. The Bertz CT molecular complexity index is 396. The molecule has 1 rings (SSSR count). The second-order valence-corrected chi connectivity index (χ2v) is 5.75. The van der Waals surface area contributed by atoms with Gasteiger partial charge in [-0.1, -0.05) is 20.8 Å². The molecule has 0 fully saturated rings. The Morgan fingerprint density at radius 1 is 1.28 bits per heavy atom. The fourth-order valence-electron chi connectivity index (χ4n) is 1.69. The normalized spacial score (nSPS) is 12.8. The number of ether oxygens (including phenoxy) is 1. The zero-order valence-corrected chi connectivity index (χ0v) is 13.9. The summed E-state index contributed by atoms with van der Waals surface area (Å²) in [5.74, 6) is 2.40. The molecule has 0 amide bonds. The van der Waals surface area contributed by atoms with Crippen molar-refractivity contribution >= 4 is 28.4 Å². The molecular weight excluding hydrogens is 341 g/mol. The molecule has 0 saturated carbocycles. The number of nitrogens with one attached hydrogen (secondary N) is 1. The number of methoxy groups -OCH3 is 1. The highest BCUT2D eigenvalue weighted by atomic mass is 127. The van der Waals surface area contributed by atoms with Gasteiger partial charge in [0, 0.05) is 19.6 Å². The van der Waals surface area contributed by atoms with Crippen LogP contribution in [0.1, 0.15) is 51.0 Å². The van der Waals surface area contributed by atoms with Crippen molar-refractivity contribution in [2.45, 2.75) is 39.5 Å². The van der Waals surface area contributed by atoms with E-state index in [1.54, 1.807) is 7.11 Å². The van der Waals surface area contributed by atoms with E-state index in [0.29, 0.717) is 12.5 Å². The zero-order valence-electron chi connectivity index (χ0n) is 11.7. The number of aromatic nitrogens is 2. The third-order valence-electron chi connectivity index (χ3n) is 2.64. The van der Waals surface area contributed by atoms with E-state index in [1.807, 2.05) is 0 Å². The quantitative estimate of drug-likeness (QED) is 0.788. The van der Waals surface area contributed by atoms with E-state index in [2.05, 4.69) is 60.6 Å². The maximum absolute atomic E-state index is 5.19. The summed E-state index contributed by atoms with van der Waals surface area (Å²) >= 11 is 2.32. The largest absolute Gasteiger partial charge is 0.384 e. The van der Waals surface area contributed by atoms with Crippen molar-refractivity contribution in [2.24, 2.45) is 0 Å². The topological polar surface area (TPSA) is 47.0 Å². The van der Waals surface area contributed by atoms with Crippen molar-refractivity contribution in [1.29, 1.82) is 0 Å². The summed E-state index contributed by atoms with van der Waals surface area (Å²) in [7, 11) is 1.71. The van der Waals surface area contributed by atoms with Crippen LogP contribution in [0.25, 0.3) is 0 Å². The van der Waals surface area contributed by atoms with Crippen molar-refractivity contribution in [3.8, 4) is 0 Å². The smallest absolute Gasteiger partial charge is 0.143 e. The number of rotatable bonds is 6. The summed E-state index contributed by atoms with van der Waals surface area (Å²) in [4.78, 5) is 9.31. The molecule has 18 heavy (non-hydrogen) atoms. The molecule has 1 heterocycles. The first-order valence-corrected chi connectivity index (χ1v) is 7.39. The number of hydrogen-bond acceptors (Lipinski definition) is 4. The molecule has 0 bridgehead atoms. The summed E-state index contributed by atoms with van der Waals surface area (Å²) < 4.78 is 6.31. The van der Waals surface area contributed by atoms with Crippen LogP contribution in [0.4, 0.5) is 5.82 Å². The lowest BCUT2D eigenvalue weighted by atomic mass is 10.1. The van der Waals surface area contributed by atoms with Crippen LogP contribution >= 0.6 is 22.6 Å². The molecule has 1 aromatic rings. The Balaban J connectivity index is 3.19. The summed E-state index contributed by atoms with van der Waals surface area (Å²) in [6, 6.07) is 0. The third kappa shape index (κ3) is 3.78. The molecule has 102 valence electrons. The second-order valence-electron chi connectivity index (χ2n) is 4.67. The van der Waals surface area contributed by atoms with Gasteiger partial charge < -0.3 is 10.1 Å². The Morgan fingerprint density at radius 2 is 1.94 bits per heavy atom. The molecule has 0 aromatic carbocycles. The molecule has 0 saturated heterocycles. The van der Waals surface area contributed by atoms with E-state index < -0.39 is 0 Å². The molecule has 0 aliphatic heterocycles. The number of halogens is 1. The van der Waals surface area contributed by atoms with Crippen LogP contribution in [-0.2, 0) is 4.74 Å². The van der Waals surface area contributed by atoms with Gasteiger partial charge >= 0.3 is 0 Å². The highest BCUT2D eigenvalue weighted by molar-refractivity contribution is 14.1. The van der Waals surface area contributed by atoms with E-state index in [0.717, 1.165) is 27.5 Å². The molecule has 0 aliphatic carbocycles. The van der Waals surface area contributed by atoms with Gasteiger partial charge in [0.1, 0.15) is 11.6 Å². The predicted molar refractivity (Wildman–Crippen MR) is 83.3 cm³/mol. The Labute approximate surface area is 123 Å². The monoisotopic (exact) mass is 363 g/mol. The summed E-state index contributed by atoms with van der Waals surface area (Å²) in [5, 5.41) is 3.31. The molecule has 0 spiro atoms. The molecule has 0 radical (unpaired) electrons. The SMILES string of the molecule is CCNc1nc(C(C)COC)nc(C(C)C)c1I. The van der Waals surface area contributed by atoms with Crippen molar-refractivity contribution in [2.75, 3.05) is 25.6 Å². The molecular formula is C13H22IN3O. The first-order valence-electron chi connectivity index (χ1n) is 6.31. The van der Waals surface area contributed by atoms with E-state index in [-0.39, 0.29) is 5.92 Å². The first-order chi connectivity index (χ1) is 8.51. The predicted octanol–water partition coefficient (Wildman–Crippen LogP) is 3.39. The maximum Gasteiger partial charge on any atom is 0.143 e. The highest BCUT2D eigenvalue weighted by Gasteiger charge is 2.17. The highest BCUT2D eigenvalue weighted by Crippen LogP contribution is 2.27. The minimum atomic E-state index is 0.210. The van der Waals surface area contributed by atoms with Gasteiger partial charge in [0.15, 0.2) is 0 Å². The van der Waals surface area contributed by atoms with Crippen LogP contribution in [-0.4, -0.2) is 30.2 Å². The van der Waals surface area contributed by atoms with Crippen molar-refractivity contribution in [3.63, 3.8) is 0 Å². The van der Waals surface area contributed by atoms with Gasteiger partial charge in [0.2, 0.25) is 0 Å². The number of hydrogen-bond donors (Lipinski definition) is 1. The van der Waals surface area contributed by atoms with Crippen LogP contribution in [0.5, 0.6) is 0 Å². The third-order valence-corrected chi connectivity index (χ3v) is 3.71. The lowest BCUT2D eigenvalue weighted by molar-refractivity contribution is 0.181. The van der Waals surface area contributed by atoms with Crippen molar-refractivity contribution in [3.05, 3.63) is 15.1 Å². The minimum Gasteiger partial charge on any atom is -0.384 e. The fraction of sp³-hybridized carbons (Fsp3) is 0.692. The van der Waals surface area contributed by atoms with Crippen molar-refractivity contribution in [1.82, 2.24) is 9.97 Å². The number of nitrogens with zero attached hydrogens (tertiary/aromatic N) is 2. The van der Waals surface area contributed by atoms with Gasteiger partial charge in [-0.25, -0.2) is 9.97 Å². The van der Waals surface area contributed by atoms with E-state index in [9.17, 15) is 0 Å². The average molecular weight is 363 g/mol. The molecule has 1 N–H and O–H groups in total. The van der Waals surface area contributed by atoms with Gasteiger partial charge in [-0.2, -0.15) is 0 Å². The Hall–Kier alpha value is -0.430. The minimum absolute atomic E-state index is 0.210. The summed E-state index contributed by atoms with van der Waals surface area (Å²) in [5.41, 5.74) is 1.11. The molecule has 5 heteroatoms. The standard InChI is InChI=1S/C13H22IN3O/c1-6-15-13-10(14)11(8(2)3)16-12(17-13)9(4)7-18-5/h8-9H,6-7H2,1-5H3,(H,15,16,17). The molecule has 0 aliphatic rings. The average Bonchev–Trinajstić information content (AvgIpc) is 2.31. The number of anilines is 1. The first kappa shape index (κ1) is 15.6. The van der Waals surface area contributed by atoms with Gasteiger partial charge in [0.05, 0.1) is 15.9 Å². The summed E-state index contributed by atoms with van der Waals surface area (Å²) in [6.45, 7) is 9.99. The second kappa shape index (κ2) is 7.23. The lowest BCUT2D eigenvalue weighted by Gasteiger charge is -2.17. The van der Waals surface area contributed by atoms with E-state index in [4.69, 9.17) is 9.72 Å². The van der Waals surface area contributed by atoms with Gasteiger partial charge in [-0.3, -0.25) is 0 Å². The molecule has 1 aromatic heterocycles. The molecule has 4 nitrogen and oxygen atoms in total. The van der Waals surface area contributed by atoms with Crippen LogP contribution < -0.4 is 5.32 Å². The van der Waals surface area contributed by atoms with E-state index >= 15 is 0 Å². The Kier molecular flexibility index (Phi) is 6.28. The van der Waals surface area contributed by atoms with Gasteiger partial charge in [-0.15, -0.1) is 0 Å². The van der Waals surface area contributed by atoms with Crippen LogP contribution in [0.15, 0.2) is 0 Å². The lowest BCUT2D eigenvalue weighted by Crippen LogP contribution is -2.14. The van der Waals surface area contributed by atoms with Crippen LogP contribution in [0.2, 0.25) is 0 Å². The van der Waals surface area contributed by atoms with E-state index in [1.165, 1.54) is 0 Å². The van der Waals surface area contributed by atoms with Crippen LogP contribution in [0.3, 0.4) is 0 Å². The molecule has 1 atom stereocenters. The zero-order chi connectivity index (χ0) is 13.7. The van der Waals surface area contributed by atoms with Crippen LogP contribution in [0, 0.1) is 3.57 Å². The summed E-state index contributed by atoms with van der Waals surface area (Å²) in [6.07, 6.45) is 0.